The minimum absolute atomic E-state index is 0.177. The lowest BCUT2D eigenvalue weighted by Gasteiger charge is -1.93. The molecule has 0 saturated heterocycles. The van der Waals surface area contributed by atoms with Gasteiger partial charge in [0.1, 0.15) is 2.88 Å². The fraction of sp³-hybridized carbons (Fsp3) is 0. The Labute approximate surface area is 103 Å². The maximum absolute atomic E-state index is 10.8. The van der Waals surface area contributed by atoms with Crippen LogP contribution >= 0.6 is 46.6 Å². The normalized spacial score (nSPS) is 10.7. The molecule has 2 aromatic rings. The monoisotopic (exact) mass is 337 g/mol. The zero-order valence-corrected chi connectivity index (χ0v) is 10.6. The fourth-order valence-corrected chi connectivity index (χ4v) is 3.74. The number of thiol groups is 1. The lowest BCUT2D eigenvalue weighted by molar-refractivity contribution is -0.383. The number of thiophene rings is 1. The molecule has 0 amide bonds. The molecule has 14 heavy (non-hydrogen) atoms. The highest BCUT2D eigenvalue weighted by molar-refractivity contribution is 14.1. The van der Waals surface area contributed by atoms with Crippen LogP contribution in [0.4, 0.5) is 5.69 Å². The number of hydrogen-bond donors (Lipinski definition) is 1. The van der Waals surface area contributed by atoms with Crippen molar-refractivity contribution in [3.63, 3.8) is 0 Å². The van der Waals surface area contributed by atoms with Gasteiger partial charge < -0.3 is 0 Å². The van der Waals surface area contributed by atoms with Crippen LogP contribution in [0.15, 0.2) is 23.1 Å². The molecule has 6 heteroatoms. The first-order valence-electron chi connectivity index (χ1n) is 3.65. The van der Waals surface area contributed by atoms with E-state index in [1.165, 1.54) is 11.3 Å². The quantitative estimate of drug-likeness (QED) is 0.373. The predicted octanol–water partition coefficient (Wildman–Crippen LogP) is 3.70. The van der Waals surface area contributed by atoms with Crippen molar-refractivity contribution >= 4 is 62.3 Å². The molecule has 0 unspecified atom stereocenters. The van der Waals surface area contributed by atoms with Crippen LogP contribution in [-0.2, 0) is 0 Å². The van der Waals surface area contributed by atoms with Crippen molar-refractivity contribution in [2.75, 3.05) is 0 Å². The van der Waals surface area contributed by atoms with Crippen molar-refractivity contribution in [2.24, 2.45) is 0 Å². The number of benzene rings is 1. The largest absolute Gasteiger partial charge is 0.302 e. The minimum Gasteiger partial charge on any atom is -0.258 e. The summed E-state index contributed by atoms with van der Waals surface area (Å²) in [5.41, 5.74) is 0.177. The number of nitro groups is 1. The number of halogens is 1. The van der Waals surface area contributed by atoms with Crippen LogP contribution in [0.25, 0.3) is 10.1 Å². The Morgan fingerprint density at radius 2 is 2.21 bits per heavy atom. The van der Waals surface area contributed by atoms with Gasteiger partial charge in [-0.1, -0.05) is 6.07 Å². The Morgan fingerprint density at radius 3 is 2.86 bits per heavy atom. The van der Waals surface area contributed by atoms with E-state index in [0.29, 0.717) is 13.2 Å². The summed E-state index contributed by atoms with van der Waals surface area (Å²) in [6.07, 6.45) is 0. The highest BCUT2D eigenvalue weighted by Gasteiger charge is 2.21. The van der Waals surface area contributed by atoms with Crippen LogP contribution in [0.3, 0.4) is 0 Å². The minimum atomic E-state index is -0.347. The van der Waals surface area contributed by atoms with Crippen molar-refractivity contribution in [3.8, 4) is 0 Å². The maximum atomic E-state index is 10.8. The fourth-order valence-electron chi connectivity index (χ4n) is 1.25. The molecule has 0 atom stereocenters. The van der Waals surface area contributed by atoms with Crippen molar-refractivity contribution < 1.29 is 4.92 Å². The lowest BCUT2D eigenvalue weighted by atomic mass is 10.2. The molecule has 0 spiro atoms. The molecule has 1 aromatic heterocycles. The second-order valence-corrected chi connectivity index (χ2v) is 5.98. The Morgan fingerprint density at radius 1 is 1.50 bits per heavy atom. The first-order valence-corrected chi connectivity index (χ1v) is 6.00. The van der Waals surface area contributed by atoms with E-state index < -0.39 is 0 Å². The highest BCUT2D eigenvalue weighted by Crippen LogP contribution is 2.40. The summed E-state index contributed by atoms with van der Waals surface area (Å²) in [5.74, 6) is 0. The maximum Gasteiger partial charge on any atom is 0.302 e. The Kier molecular flexibility index (Phi) is 2.67. The van der Waals surface area contributed by atoms with Gasteiger partial charge in [0.05, 0.1) is 10.3 Å². The van der Waals surface area contributed by atoms with Gasteiger partial charge in [0.15, 0.2) is 0 Å². The highest BCUT2D eigenvalue weighted by atomic mass is 127. The van der Waals surface area contributed by atoms with Crippen LogP contribution in [0.1, 0.15) is 0 Å². The predicted molar refractivity (Wildman–Crippen MR) is 68.4 cm³/mol. The zero-order valence-electron chi connectivity index (χ0n) is 6.73. The van der Waals surface area contributed by atoms with Crippen molar-refractivity contribution in [1.82, 2.24) is 0 Å². The first kappa shape index (κ1) is 10.2. The molecule has 72 valence electrons. The molecular formula is C8H4INO2S2. The van der Waals surface area contributed by atoms with Crippen LogP contribution in [0.5, 0.6) is 0 Å². The molecule has 2 rings (SSSR count). The molecule has 0 radical (unpaired) electrons. The molecule has 0 N–H and O–H groups in total. The van der Waals surface area contributed by atoms with E-state index in [4.69, 9.17) is 0 Å². The van der Waals surface area contributed by atoms with E-state index in [1.807, 2.05) is 34.7 Å². The van der Waals surface area contributed by atoms with Gasteiger partial charge >= 0.3 is 5.69 Å². The molecule has 0 saturated carbocycles. The number of fused-ring (bicyclic) bond motifs is 1. The second kappa shape index (κ2) is 3.67. The molecule has 0 bridgehead atoms. The average molecular weight is 337 g/mol. The summed E-state index contributed by atoms with van der Waals surface area (Å²) >= 11 is 7.63. The van der Waals surface area contributed by atoms with E-state index >= 15 is 0 Å². The van der Waals surface area contributed by atoms with Gasteiger partial charge in [0.2, 0.25) is 0 Å². The first-order chi connectivity index (χ1) is 6.61. The number of nitrogens with zero attached hydrogens (tertiary/aromatic N) is 1. The molecule has 0 aliphatic heterocycles. The van der Waals surface area contributed by atoms with Crippen molar-refractivity contribution in [3.05, 3.63) is 31.2 Å². The molecule has 1 heterocycles. The molecule has 0 aliphatic rings. The molecule has 1 aromatic carbocycles. The average Bonchev–Trinajstić information content (AvgIpc) is 2.42. The summed E-state index contributed by atoms with van der Waals surface area (Å²) in [7, 11) is 0. The van der Waals surface area contributed by atoms with Crippen LogP contribution < -0.4 is 0 Å². The van der Waals surface area contributed by atoms with E-state index in [0.717, 1.165) is 4.70 Å². The van der Waals surface area contributed by atoms with Gasteiger partial charge in [-0.05, 0) is 34.7 Å². The zero-order chi connectivity index (χ0) is 10.3. The summed E-state index contributed by atoms with van der Waals surface area (Å²) in [6, 6.07) is 5.48. The number of hydrogen-bond acceptors (Lipinski definition) is 4. The smallest absolute Gasteiger partial charge is 0.258 e. The van der Waals surface area contributed by atoms with Crippen molar-refractivity contribution in [1.29, 1.82) is 0 Å². The summed E-state index contributed by atoms with van der Waals surface area (Å²) in [5, 5.41) is 11.5. The standard InChI is InChI=1S/C8H4INO2S2/c9-8-7(10(11)12)6-4(13)2-1-3-5(6)14-8/h1-3,13H. The van der Waals surface area contributed by atoms with Gasteiger partial charge in [0.25, 0.3) is 0 Å². The molecular weight excluding hydrogens is 333 g/mol. The van der Waals surface area contributed by atoms with Gasteiger partial charge in [-0.2, -0.15) is 0 Å². The Bertz CT molecular complexity index is 523. The van der Waals surface area contributed by atoms with E-state index in [-0.39, 0.29) is 10.6 Å². The molecule has 0 aliphatic carbocycles. The van der Waals surface area contributed by atoms with Gasteiger partial charge in [-0.15, -0.1) is 24.0 Å². The number of rotatable bonds is 1. The van der Waals surface area contributed by atoms with Gasteiger partial charge in [-0.3, -0.25) is 10.1 Å². The van der Waals surface area contributed by atoms with E-state index in [1.54, 1.807) is 6.07 Å². The van der Waals surface area contributed by atoms with Gasteiger partial charge in [-0.25, -0.2) is 0 Å². The van der Waals surface area contributed by atoms with E-state index in [9.17, 15) is 10.1 Å². The summed E-state index contributed by atoms with van der Waals surface area (Å²) in [6.45, 7) is 0. The van der Waals surface area contributed by atoms with Crippen LogP contribution in [0.2, 0.25) is 0 Å². The third kappa shape index (κ3) is 1.51. The topological polar surface area (TPSA) is 43.1 Å². The van der Waals surface area contributed by atoms with Crippen LogP contribution in [0, 0.1) is 13.0 Å². The molecule has 3 nitrogen and oxygen atoms in total. The SMILES string of the molecule is O=[N+]([O-])c1c(I)sc2cccc(S)c12. The summed E-state index contributed by atoms with van der Waals surface area (Å²) < 4.78 is 1.61. The molecule has 0 fully saturated rings. The third-order valence-electron chi connectivity index (χ3n) is 1.81. The van der Waals surface area contributed by atoms with Crippen LogP contribution in [-0.4, -0.2) is 4.92 Å². The Hall–Kier alpha value is -0.340. The Balaban J connectivity index is 2.93. The lowest BCUT2D eigenvalue weighted by Crippen LogP contribution is -1.88. The van der Waals surface area contributed by atoms with E-state index in [2.05, 4.69) is 12.6 Å². The van der Waals surface area contributed by atoms with Gasteiger partial charge in [0, 0.05) is 9.60 Å². The third-order valence-corrected chi connectivity index (χ3v) is 4.29. The van der Waals surface area contributed by atoms with Crippen molar-refractivity contribution in [2.45, 2.75) is 4.90 Å². The second-order valence-electron chi connectivity index (χ2n) is 2.63. The summed E-state index contributed by atoms with van der Waals surface area (Å²) in [4.78, 5) is 11.1.